The van der Waals surface area contributed by atoms with Gasteiger partial charge < -0.3 is 5.11 Å². The largest absolute Gasteiger partial charge is 0.481 e. The molecule has 1 aromatic heterocycles. The zero-order valence-corrected chi connectivity index (χ0v) is 12.7. The molecule has 2 unspecified atom stereocenters. The zero-order chi connectivity index (χ0) is 15.6. The molecule has 21 heavy (non-hydrogen) atoms. The van der Waals surface area contributed by atoms with Gasteiger partial charge in [0.25, 0.3) is 0 Å². The Morgan fingerprint density at radius 1 is 1.14 bits per heavy atom. The lowest BCUT2D eigenvalue weighted by atomic mass is 10.0. The second-order valence-corrected chi connectivity index (χ2v) is 5.59. The van der Waals surface area contributed by atoms with E-state index in [1.807, 2.05) is 24.3 Å². The molecule has 0 saturated carbocycles. The number of hydrogen-bond acceptors (Lipinski definition) is 4. The van der Waals surface area contributed by atoms with Crippen molar-refractivity contribution in [2.75, 3.05) is 0 Å². The van der Waals surface area contributed by atoms with Gasteiger partial charge in [-0.05, 0) is 35.8 Å². The van der Waals surface area contributed by atoms with Crippen molar-refractivity contribution >= 4 is 5.97 Å². The van der Waals surface area contributed by atoms with Crippen LogP contribution in [-0.2, 0) is 4.79 Å². The predicted octanol–water partition coefficient (Wildman–Crippen LogP) is 2.75. The molecule has 1 N–H and O–H groups in total. The molecule has 6 nitrogen and oxygen atoms in total. The first kappa shape index (κ1) is 15.2. The van der Waals surface area contributed by atoms with Gasteiger partial charge >= 0.3 is 5.97 Å². The van der Waals surface area contributed by atoms with Crippen molar-refractivity contribution in [1.29, 1.82) is 0 Å². The highest BCUT2D eigenvalue weighted by Gasteiger charge is 2.25. The van der Waals surface area contributed by atoms with Crippen molar-refractivity contribution in [1.82, 2.24) is 20.2 Å². The summed E-state index contributed by atoms with van der Waals surface area (Å²) in [7, 11) is 0. The molecule has 0 saturated heterocycles. The molecule has 0 spiro atoms. The topological polar surface area (TPSA) is 80.9 Å². The van der Waals surface area contributed by atoms with Crippen LogP contribution in [0.15, 0.2) is 24.3 Å². The van der Waals surface area contributed by atoms with Crippen LogP contribution in [0.4, 0.5) is 0 Å². The van der Waals surface area contributed by atoms with E-state index in [1.165, 1.54) is 5.56 Å². The van der Waals surface area contributed by atoms with Gasteiger partial charge in [-0.2, -0.15) is 0 Å². The number of carboxylic acids is 1. The third-order valence-electron chi connectivity index (χ3n) is 3.83. The fraction of sp³-hybridized carbons (Fsp3) is 0.467. The van der Waals surface area contributed by atoms with Gasteiger partial charge in [0.15, 0.2) is 5.82 Å². The summed E-state index contributed by atoms with van der Waals surface area (Å²) in [5, 5.41) is 20.8. The van der Waals surface area contributed by atoms with Crippen molar-refractivity contribution in [3.05, 3.63) is 29.8 Å². The molecule has 2 atom stereocenters. The molecule has 0 amide bonds. The lowest BCUT2D eigenvalue weighted by Gasteiger charge is -2.17. The van der Waals surface area contributed by atoms with Crippen LogP contribution in [0, 0.1) is 5.92 Å². The highest BCUT2D eigenvalue weighted by molar-refractivity contribution is 5.70. The molecule has 1 heterocycles. The second kappa shape index (κ2) is 6.03. The van der Waals surface area contributed by atoms with Crippen molar-refractivity contribution in [2.45, 2.75) is 39.7 Å². The number of carbonyl (C=O) groups is 1. The van der Waals surface area contributed by atoms with Crippen molar-refractivity contribution in [3.8, 4) is 11.4 Å². The zero-order valence-electron chi connectivity index (χ0n) is 12.7. The Morgan fingerprint density at radius 3 is 2.29 bits per heavy atom. The van der Waals surface area contributed by atoms with Crippen LogP contribution >= 0.6 is 0 Å². The van der Waals surface area contributed by atoms with Crippen molar-refractivity contribution in [2.24, 2.45) is 5.92 Å². The summed E-state index contributed by atoms with van der Waals surface area (Å²) in [4.78, 5) is 11.1. The van der Waals surface area contributed by atoms with Gasteiger partial charge in [0, 0.05) is 5.56 Å². The van der Waals surface area contributed by atoms with E-state index in [9.17, 15) is 4.79 Å². The van der Waals surface area contributed by atoms with Crippen LogP contribution in [0.5, 0.6) is 0 Å². The number of hydrogen-bond donors (Lipinski definition) is 1. The normalized spacial score (nSPS) is 14.1. The molecule has 1 aromatic carbocycles. The first-order valence-electron chi connectivity index (χ1n) is 7.02. The van der Waals surface area contributed by atoms with E-state index in [0.29, 0.717) is 11.7 Å². The Labute approximate surface area is 123 Å². The van der Waals surface area contributed by atoms with Gasteiger partial charge in [-0.25, -0.2) is 4.68 Å². The summed E-state index contributed by atoms with van der Waals surface area (Å²) in [5.74, 6) is -0.381. The summed E-state index contributed by atoms with van der Waals surface area (Å²) < 4.78 is 1.57. The van der Waals surface area contributed by atoms with Crippen LogP contribution < -0.4 is 0 Å². The third-order valence-corrected chi connectivity index (χ3v) is 3.83. The smallest absolute Gasteiger partial charge is 0.308 e. The van der Waals surface area contributed by atoms with Gasteiger partial charge in [-0.1, -0.05) is 38.1 Å². The average molecular weight is 288 g/mol. The minimum atomic E-state index is -0.862. The Morgan fingerprint density at radius 2 is 1.76 bits per heavy atom. The molecule has 0 aliphatic heterocycles. The molecule has 0 aliphatic carbocycles. The number of aromatic nitrogens is 4. The summed E-state index contributed by atoms with van der Waals surface area (Å²) in [6, 6.07) is 7.71. The van der Waals surface area contributed by atoms with Crippen LogP contribution in [0.25, 0.3) is 11.4 Å². The molecular formula is C15H20N4O2. The van der Waals surface area contributed by atoms with E-state index in [-0.39, 0.29) is 6.04 Å². The summed E-state index contributed by atoms with van der Waals surface area (Å²) in [6.07, 6.45) is 0. The monoisotopic (exact) mass is 288 g/mol. The number of carboxylic acid groups (broad SMARTS) is 1. The van der Waals surface area contributed by atoms with Gasteiger partial charge in [0.1, 0.15) is 0 Å². The maximum atomic E-state index is 11.1. The quantitative estimate of drug-likeness (QED) is 0.915. The molecule has 112 valence electrons. The van der Waals surface area contributed by atoms with Crippen LogP contribution in [0.1, 0.15) is 45.2 Å². The Hall–Kier alpha value is -2.24. The molecule has 0 aliphatic rings. The SMILES string of the molecule is CC(C)c1ccc(-c2nnnn2C(C)C(C)C(=O)O)cc1. The summed E-state index contributed by atoms with van der Waals surface area (Å²) in [5.41, 5.74) is 2.12. The maximum Gasteiger partial charge on any atom is 0.308 e. The van der Waals surface area contributed by atoms with Crippen LogP contribution in [0.3, 0.4) is 0 Å². The highest BCUT2D eigenvalue weighted by Crippen LogP contribution is 2.25. The number of benzene rings is 1. The lowest BCUT2D eigenvalue weighted by Crippen LogP contribution is -2.23. The minimum Gasteiger partial charge on any atom is -0.481 e. The van der Waals surface area contributed by atoms with E-state index in [1.54, 1.807) is 18.5 Å². The van der Waals surface area contributed by atoms with E-state index >= 15 is 0 Å². The van der Waals surface area contributed by atoms with Crippen LogP contribution in [0.2, 0.25) is 0 Å². The van der Waals surface area contributed by atoms with E-state index < -0.39 is 11.9 Å². The standard InChI is InChI=1S/C15H20N4O2/c1-9(2)12-5-7-13(8-6-12)14-16-17-18-19(14)11(4)10(3)15(20)21/h5-11H,1-4H3,(H,20,21). The van der Waals surface area contributed by atoms with E-state index in [4.69, 9.17) is 5.11 Å². The Kier molecular flexibility index (Phi) is 4.35. The number of tetrazole rings is 1. The molecule has 0 radical (unpaired) electrons. The highest BCUT2D eigenvalue weighted by atomic mass is 16.4. The fourth-order valence-corrected chi connectivity index (χ4v) is 2.09. The number of rotatable bonds is 5. The van der Waals surface area contributed by atoms with Gasteiger partial charge in [-0.3, -0.25) is 4.79 Å². The van der Waals surface area contributed by atoms with Crippen molar-refractivity contribution in [3.63, 3.8) is 0 Å². The molecule has 2 rings (SSSR count). The van der Waals surface area contributed by atoms with Gasteiger partial charge in [0.2, 0.25) is 0 Å². The van der Waals surface area contributed by atoms with Crippen LogP contribution in [-0.4, -0.2) is 31.3 Å². The minimum absolute atomic E-state index is 0.322. The third kappa shape index (κ3) is 3.09. The molecule has 0 fully saturated rings. The fourth-order valence-electron chi connectivity index (χ4n) is 2.09. The Balaban J connectivity index is 2.34. The number of aliphatic carboxylic acids is 1. The average Bonchev–Trinajstić information content (AvgIpc) is 2.95. The molecule has 6 heteroatoms. The van der Waals surface area contributed by atoms with Crippen molar-refractivity contribution < 1.29 is 9.90 Å². The molecule has 2 aromatic rings. The maximum absolute atomic E-state index is 11.1. The van der Waals surface area contributed by atoms with E-state index in [2.05, 4.69) is 29.4 Å². The Bertz CT molecular complexity index is 619. The molecule has 0 bridgehead atoms. The van der Waals surface area contributed by atoms with Gasteiger partial charge in [-0.15, -0.1) is 5.10 Å². The first-order chi connectivity index (χ1) is 9.91. The van der Waals surface area contributed by atoms with Gasteiger partial charge in [0.05, 0.1) is 12.0 Å². The number of nitrogens with zero attached hydrogens (tertiary/aromatic N) is 4. The lowest BCUT2D eigenvalue weighted by molar-refractivity contribution is -0.142. The summed E-state index contributed by atoms with van der Waals surface area (Å²) in [6.45, 7) is 7.73. The predicted molar refractivity (Wildman–Crippen MR) is 78.9 cm³/mol. The summed E-state index contributed by atoms with van der Waals surface area (Å²) >= 11 is 0. The first-order valence-corrected chi connectivity index (χ1v) is 7.02. The molecular weight excluding hydrogens is 268 g/mol. The van der Waals surface area contributed by atoms with E-state index in [0.717, 1.165) is 5.56 Å². The second-order valence-electron chi connectivity index (χ2n) is 5.59.